The number of nitrogens with one attached hydrogen (secondary N) is 1. The number of aliphatic carboxylic acids is 1. The van der Waals surface area contributed by atoms with Gasteiger partial charge in [0.2, 0.25) is 5.91 Å². The molecule has 2 aromatic rings. The zero-order valence-electron chi connectivity index (χ0n) is 14.0. The highest BCUT2D eigenvalue weighted by Gasteiger charge is 2.16. The van der Waals surface area contributed by atoms with Gasteiger partial charge in [-0.15, -0.1) is 0 Å². The van der Waals surface area contributed by atoms with Gasteiger partial charge < -0.3 is 10.4 Å². The molecular formula is C18H21N3O3. The van der Waals surface area contributed by atoms with E-state index >= 15 is 0 Å². The lowest BCUT2D eigenvalue weighted by molar-refractivity contribution is -0.141. The minimum Gasteiger partial charge on any atom is -0.480 e. The summed E-state index contributed by atoms with van der Waals surface area (Å²) in [4.78, 5) is 22.9. The summed E-state index contributed by atoms with van der Waals surface area (Å²) in [6.45, 7) is 5.51. The fourth-order valence-corrected chi connectivity index (χ4v) is 2.43. The van der Waals surface area contributed by atoms with E-state index in [9.17, 15) is 9.59 Å². The number of aromatic nitrogens is 2. The van der Waals surface area contributed by atoms with Crippen molar-refractivity contribution < 1.29 is 14.7 Å². The Kier molecular flexibility index (Phi) is 5.52. The molecule has 126 valence electrons. The maximum atomic E-state index is 11.9. The molecule has 2 rings (SSSR count). The first-order chi connectivity index (χ1) is 11.4. The van der Waals surface area contributed by atoms with Gasteiger partial charge in [-0.05, 0) is 38.5 Å². The maximum absolute atomic E-state index is 11.9. The lowest BCUT2D eigenvalue weighted by Crippen LogP contribution is -2.39. The van der Waals surface area contributed by atoms with E-state index in [0.29, 0.717) is 6.42 Å². The van der Waals surface area contributed by atoms with E-state index in [2.05, 4.69) is 10.4 Å². The number of para-hydroxylation sites is 1. The van der Waals surface area contributed by atoms with Crippen molar-refractivity contribution in [1.29, 1.82) is 0 Å². The van der Waals surface area contributed by atoms with Crippen LogP contribution in [0.4, 0.5) is 0 Å². The summed E-state index contributed by atoms with van der Waals surface area (Å²) >= 11 is 0. The molecule has 1 atom stereocenters. The molecule has 1 aromatic heterocycles. The van der Waals surface area contributed by atoms with Crippen LogP contribution in [-0.4, -0.2) is 32.8 Å². The van der Waals surface area contributed by atoms with Crippen molar-refractivity contribution in [2.75, 3.05) is 0 Å². The number of aryl methyl sites for hydroxylation is 1. The quantitative estimate of drug-likeness (QED) is 0.798. The molecule has 2 N–H and O–H groups in total. The van der Waals surface area contributed by atoms with Gasteiger partial charge in [0.15, 0.2) is 0 Å². The summed E-state index contributed by atoms with van der Waals surface area (Å²) in [6, 6.07) is 8.84. The first-order valence-corrected chi connectivity index (χ1v) is 7.77. The van der Waals surface area contributed by atoms with Crippen molar-refractivity contribution in [3.8, 4) is 5.69 Å². The van der Waals surface area contributed by atoms with Crippen LogP contribution in [0.15, 0.2) is 36.4 Å². The van der Waals surface area contributed by atoms with Crippen molar-refractivity contribution in [2.24, 2.45) is 0 Å². The number of carboxylic acid groups (broad SMARTS) is 1. The van der Waals surface area contributed by atoms with Crippen LogP contribution in [0.1, 0.15) is 30.3 Å². The fraction of sp³-hybridized carbons (Fsp3) is 0.278. The summed E-state index contributed by atoms with van der Waals surface area (Å²) in [6.07, 6.45) is 3.35. The molecule has 0 saturated carbocycles. The average molecular weight is 327 g/mol. The molecule has 0 bridgehead atoms. The molecule has 0 radical (unpaired) electrons. The van der Waals surface area contributed by atoms with Gasteiger partial charge in [0.05, 0.1) is 11.4 Å². The Morgan fingerprint density at radius 1 is 1.29 bits per heavy atom. The Bertz CT molecular complexity index is 763. The molecule has 0 saturated heterocycles. The number of rotatable bonds is 6. The van der Waals surface area contributed by atoms with Crippen molar-refractivity contribution in [2.45, 2.75) is 33.2 Å². The Hall–Kier alpha value is -2.89. The van der Waals surface area contributed by atoms with Gasteiger partial charge in [-0.25, -0.2) is 9.48 Å². The van der Waals surface area contributed by atoms with Crippen molar-refractivity contribution in [3.63, 3.8) is 0 Å². The van der Waals surface area contributed by atoms with E-state index in [1.807, 2.05) is 48.9 Å². The predicted octanol–water partition coefficient (Wildman–Crippen LogP) is 2.48. The lowest BCUT2D eigenvalue weighted by atomic mass is 10.1. The maximum Gasteiger partial charge on any atom is 0.326 e. The summed E-state index contributed by atoms with van der Waals surface area (Å²) in [7, 11) is 0. The molecule has 0 fully saturated rings. The molecule has 0 aliphatic carbocycles. The van der Waals surface area contributed by atoms with Crippen LogP contribution in [0.3, 0.4) is 0 Å². The Labute approximate surface area is 140 Å². The number of amides is 1. The van der Waals surface area contributed by atoms with Gasteiger partial charge in [0.1, 0.15) is 6.04 Å². The summed E-state index contributed by atoms with van der Waals surface area (Å²) in [5.74, 6) is -1.47. The van der Waals surface area contributed by atoms with Gasteiger partial charge >= 0.3 is 5.97 Å². The Morgan fingerprint density at radius 2 is 1.96 bits per heavy atom. The van der Waals surface area contributed by atoms with Gasteiger partial charge in [-0.1, -0.05) is 25.1 Å². The van der Waals surface area contributed by atoms with Gasteiger partial charge in [0, 0.05) is 17.3 Å². The number of carbonyl (C=O) groups excluding carboxylic acids is 1. The molecule has 0 spiro atoms. The van der Waals surface area contributed by atoms with Crippen LogP contribution in [0.5, 0.6) is 0 Å². The van der Waals surface area contributed by atoms with Crippen LogP contribution in [0, 0.1) is 13.8 Å². The zero-order valence-corrected chi connectivity index (χ0v) is 14.0. The molecule has 1 unspecified atom stereocenters. The van der Waals surface area contributed by atoms with E-state index in [-0.39, 0.29) is 0 Å². The minimum atomic E-state index is -1.04. The van der Waals surface area contributed by atoms with E-state index in [0.717, 1.165) is 22.6 Å². The number of hydrogen-bond acceptors (Lipinski definition) is 3. The highest BCUT2D eigenvalue weighted by molar-refractivity contribution is 5.94. The second-order valence-electron chi connectivity index (χ2n) is 5.47. The van der Waals surface area contributed by atoms with Crippen LogP contribution in [0.2, 0.25) is 0 Å². The topological polar surface area (TPSA) is 84.2 Å². The largest absolute Gasteiger partial charge is 0.480 e. The Balaban J connectivity index is 2.20. The third-order valence-corrected chi connectivity index (χ3v) is 3.77. The van der Waals surface area contributed by atoms with Crippen molar-refractivity contribution in [1.82, 2.24) is 15.1 Å². The van der Waals surface area contributed by atoms with E-state index in [1.165, 1.54) is 6.08 Å². The second kappa shape index (κ2) is 7.59. The van der Waals surface area contributed by atoms with Crippen molar-refractivity contribution >= 4 is 18.0 Å². The lowest BCUT2D eigenvalue weighted by Gasteiger charge is -2.09. The molecule has 24 heavy (non-hydrogen) atoms. The highest BCUT2D eigenvalue weighted by atomic mass is 16.4. The first-order valence-electron chi connectivity index (χ1n) is 7.77. The third-order valence-electron chi connectivity index (χ3n) is 3.77. The monoisotopic (exact) mass is 327 g/mol. The smallest absolute Gasteiger partial charge is 0.326 e. The van der Waals surface area contributed by atoms with Crippen LogP contribution < -0.4 is 5.32 Å². The van der Waals surface area contributed by atoms with E-state index in [4.69, 9.17) is 5.11 Å². The molecule has 1 heterocycles. The first kappa shape index (κ1) is 17.5. The van der Waals surface area contributed by atoms with E-state index in [1.54, 1.807) is 13.0 Å². The molecule has 6 nitrogen and oxygen atoms in total. The van der Waals surface area contributed by atoms with Gasteiger partial charge in [-0.2, -0.15) is 5.10 Å². The van der Waals surface area contributed by atoms with Gasteiger partial charge in [-0.3, -0.25) is 4.79 Å². The number of nitrogens with zero attached hydrogens (tertiary/aromatic N) is 2. The Morgan fingerprint density at radius 3 is 2.54 bits per heavy atom. The fourth-order valence-electron chi connectivity index (χ4n) is 2.43. The molecule has 0 aliphatic rings. The molecule has 1 amide bonds. The van der Waals surface area contributed by atoms with E-state index < -0.39 is 17.9 Å². The SMILES string of the molecule is CCC(NC(=O)C=Cc1c(C)nn(-c2ccccc2)c1C)C(=O)O. The summed E-state index contributed by atoms with van der Waals surface area (Å²) < 4.78 is 1.82. The normalized spacial score (nSPS) is 12.3. The highest BCUT2D eigenvalue weighted by Crippen LogP contribution is 2.19. The second-order valence-corrected chi connectivity index (χ2v) is 5.47. The summed E-state index contributed by atoms with van der Waals surface area (Å²) in [5.41, 5.74) is 3.50. The van der Waals surface area contributed by atoms with Crippen LogP contribution in [-0.2, 0) is 9.59 Å². The van der Waals surface area contributed by atoms with Crippen molar-refractivity contribution in [3.05, 3.63) is 53.4 Å². The number of benzene rings is 1. The number of carbonyl (C=O) groups is 2. The van der Waals surface area contributed by atoms with Crippen LogP contribution in [0.25, 0.3) is 11.8 Å². The molecule has 0 aliphatic heterocycles. The standard InChI is InChI=1S/C18H21N3O3/c1-4-16(18(23)24)19-17(22)11-10-15-12(2)20-21(13(15)3)14-8-6-5-7-9-14/h5-11,16H,4H2,1-3H3,(H,19,22)(H,23,24). The third kappa shape index (κ3) is 3.90. The predicted molar refractivity (Wildman–Crippen MR) is 91.9 cm³/mol. The molecule has 6 heteroatoms. The molecule has 1 aromatic carbocycles. The zero-order chi connectivity index (χ0) is 17.7. The molecular weight excluding hydrogens is 306 g/mol. The van der Waals surface area contributed by atoms with Gasteiger partial charge in [0.25, 0.3) is 0 Å². The minimum absolute atomic E-state index is 0.332. The summed E-state index contributed by atoms with van der Waals surface area (Å²) in [5, 5.41) is 15.9. The number of carboxylic acids is 1. The van der Waals surface area contributed by atoms with Crippen LogP contribution >= 0.6 is 0 Å². The average Bonchev–Trinajstić information content (AvgIpc) is 2.85. The number of hydrogen-bond donors (Lipinski definition) is 2.